The second-order valence-corrected chi connectivity index (χ2v) is 10.0. The lowest BCUT2D eigenvalue weighted by molar-refractivity contribution is -0.145. The van der Waals surface area contributed by atoms with Crippen molar-refractivity contribution in [1.29, 1.82) is 0 Å². The zero-order chi connectivity index (χ0) is 28.5. The Labute approximate surface area is 235 Å². The first-order valence-electron chi connectivity index (χ1n) is 13.7. The molecule has 2 unspecified atom stereocenters. The molecule has 0 heterocycles. The molecule has 1 amide bonds. The van der Waals surface area contributed by atoms with Gasteiger partial charge >= 0.3 is 12.1 Å². The Morgan fingerprint density at radius 3 is 2.23 bits per heavy atom. The molecule has 0 spiro atoms. The number of hydrogen-bond donors (Lipinski definition) is 1. The van der Waals surface area contributed by atoms with Crippen LogP contribution in [0.4, 0.5) is 14.9 Å². The molecule has 3 aromatic carbocycles. The van der Waals surface area contributed by atoms with Crippen LogP contribution in [0, 0.1) is 29.5 Å². The molecule has 208 valence electrons. The maximum atomic E-state index is 14.2. The molecule has 2 N–H and O–H groups in total. The minimum absolute atomic E-state index is 0.114. The van der Waals surface area contributed by atoms with Crippen molar-refractivity contribution in [3.05, 3.63) is 94.8 Å². The monoisotopic (exact) mass is 542 g/mol. The van der Waals surface area contributed by atoms with E-state index in [0.29, 0.717) is 25.4 Å². The van der Waals surface area contributed by atoms with Gasteiger partial charge in [-0.3, -0.25) is 4.79 Å². The highest BCUT2D eigenvalue weighted by Gasteiger charge is 2.45. The molecule has 0 aromatic heterocycles. The van der Waals surface area contributed by atoms with Gasteiger partial charge in [0, 0.05) is 36.0 Å². The van der Waals surface area contributed by atoms with Crippen LogP contribution in [0.2, 0.25) is 0 Å². The summed E-state index contributed by atoms with van der Waals surface area (Å²) in [6, 6.07) is 20.7. The molecule has 1 fully saturated rings. The molecule has 1 aliphatic carbocycles. The summed E-state index contributed by atoms with van der Waals surface area (Å²) in [4.78, 5) is 25.5. The van der Waals surface area contributed by atoms with E-state index in [0.717, 1.165) is 29.5 Å². The van der Waals surface area contributed by atoms with E-state index in [1.54, 1.807) is 13.0 Å². The number of amides is 1. The Hall–Kier alpha value is -4.31. The number of primary amides is 1. The van der Waals surface area contributed by atoms with Crippen LogP contribution in [-0.2, 0) is 22.5 Å². The lowest BCUT2D eigenvalue weighted by Gasteiger charge is -2.26. The summed E-state index contributed by atoms with van der Waals surface area (Å²) in [6.07, 6.45) is 3.10. The summed E-state index contributed by atoms with van der Waals surface area (Å²) < 4.78 is 24.3. The largest absolute Gasteiger partial charge is 0.466 e. The fourth-order valence-electron chi connectivity index (χ4n) is 4.60. The average Bonchev–Trinajstić information content (AvgIpc) is 3.72. The standard InChI is InChI=1S/C33H35FN2O4/c1-3-5-6-23-7-9-24(10-8-23)11-12-25-13-15-26(16-14-25)21-36(22-27-19-29(27)32(37)39-4-2)28-17-18-30(34)31(20-28)40-33(35)38/h7-10,13-18,20,27,29H,3-6,19,21-22H2,1-2H3,(H2,35,38). The molecule has 3 aromatic rings. The Balaban J connectivity index is 1.48. The van der Waals surface area contributed by atoms with E-state index in [1.807, 2.05) is 29.2 Å². The van der Waals surface area contributed by atoms with Gasteiger partial charge in [0.05, 0.1) is 12.5 Å². The summed E-state index contributed by atoms with van der Waals surface area (Å²) >= 11 is 0. The zero-order valence-corrected chi connectivity index (χ0v) is 23.0. The van der Waals surface area contributed by atoms with Gasteiger partial charge in [-0.2, -0.15) is 0 Å². The van der Waals surface area contributed by atoms with Crippen LogP contribution in [0.15, 0.2) is 66.7 Å². The number of esters is 1. The molecule has 2 atom stereocenters. The van der Waals surface area contributed by atoms with Crippen LogP contribution < -0.4 is 15.4 Å². The number of hydrogen-bond acceptors (Lipinski definition) is 5. The van der Waals surface area contributed by atoms with E-state index in [1.165, 1.54) is 30.5 Å². The van der Waals surface area contributed by atoms with Crippen molar-refractivity contribution in [1.82, 2.24) is 0 Å². The third kappa shape index (κ3) is 8.09. The summed E-state index contributed by atoms with van der Waals surface area (Å²) in [5, 5.41) is 0. The van der Waals surface area contributed by atoms with Gasteiger partial charge in [-0.1, -0.05) is 49.5 Å². The Morgan fingerprint density at radius 1 is 0.975 bits per heavy atom. The molecule has 4 rings (SSSR count). The Bertz CT molecular complexity index is 1380. The van der Waals surface area contributed by atoms with Gasteiger partial charge in [-0.25, -0.2) is 9.18 Å². The van der Waals surface area contributed by atoms with E-state index in [2.05, 4.69) is 43.0 Å². The summed E-state index contributed by atoms with van der Waals surface area (Å²) in [5.74, 6) is 5.30. The molecule has 0 radical (unpaired) electrons. The first kappa shape index (κ1) is 28.7. The number of aryl methyl sites for hydroxylation is 1. The SMILES string of the molecule is CCCCc1ccc(C#Cc2ccc(CN(CC3CC3C(=O)OCC)c3ccc(F)c(OC(N)=O)c3)cc2)cc1. The van der Waals surface area contributed by atoms with Crippen molar-refractivity contribution in [2.45, 2.75) is 46.1 Å². The molecule has 1 aliphatic rings. The number of rotatable bonds is 11. The minimum atomic E-state index is -1.09. The minimum Gasteiger partial charge on any atom is -0.466 e. The maximum absolute atomic E-state index is 14.2. The van der Waals surface area contributed by atoms with Crippen LogP contribution in [-0.4, -0.2) is 25.2 Å². The topological polar surface area (TPSA) is 81.9 Å². The molecule has 1 saturated carbocycles. The molecule has 40 heavy (non-hydrogen) atoms. The number of halogens is 1. The maximum Gasteiger partial charge on any atom is 0.410 e. The van der Waals surface area contributed by atoms with Gasteiger partial charge in [0.15, 0.2) is 11.6 Å². The highest BCUT2D eigenvalue weighted by molar-refractivity contribution is 5.76. The number of carbonyl (C=O) groups excluding carboxylic acids is 2. The molecule has 6 nitrogen and oxygen atoms in total. The first-order valence-corrected chi connectivity index (χ1v) is 13.7. The number of benzene rings is 3. The Morgan fingerprint density at radius 2 is 1.62 bits per heavy atom. The molecule has 7 heteroatoms. The van der Waals surface area contributed by atoms with E-state index < -0.39 is 11.9 Å². The predicted molar refractivity (Wildman–Crippen MR) is 153 cm³/mol. The number of nitrogens with two attached hydrogens (primary N) is 1. The van der Waals surface area contributed by atoms with E-state index >= 15 is 0 Å². The number of carbonyl (C=O) groups is 2. The van der Waals surface area contributed by atoms with Crippen LogP contribution in [0.3, 0.4) is 0 Å². The van der Waals surface area contributed by atoms with Crippen LogP contribution in [0.25, 0.3) is 0 Å². The highest BCUT2D eigenvalue weighted by Crippen LogP contribution is 2.41. The van der Waals surface area contributed by atoms with Gasteiger partial charge in [0.25, 0.3) is 0 Å². The second kappa shape index (κ2) is 13.7. The summed E-state index contributed by atoms with van der Waals surface area (Å²) in [7, 11) is 0. The van der Waals surface area contributed by atoms with Crippen LogP contribution in [0.1, 0.15) is 55.4 Å². The fourth-order valence-corrected chi connectivity index (χ4v) is 4.60. The quantitative estimate of drug-likeness (QED) is 0.229. The second-order valence-electron chi connectivity index (χ2n) is 10.0. The summed E-state index contributed by atoms with van der Waals surface area (Å²) in [5.41, 5.74) is 9.98. The third-order valence-electron chi connectivity index (χ3n) is 6.91. The lowest BCUT2D eigenvalue weighted by Crippen LogP contribution is -2.27. The number of ether oxygens (including phenoxy) is 2. The van der Waals surface area contributed by atoms with Gasteiger partial charge in [0.2, 0.25) is 0 Å². The zero-order valence-electron chi connectivity index (χ0n) is 23.0. The molecule has 0 bridgehead atoms. The van der Waals surface area contributed by atoms with Crippen LogP contribution >= 0.6 is 0 Å². The highest BCUT2D eigenvalue weighted by atomic mass is 19.1. The number of anilines is 1. The first-order chi connectivity index (χ1) is 19.4. The van der Waals surface area contributed by atoms with Gasteiger partial charge < -0.3 is 20.1 Å². The van der Waals surface area contributed by atoms with Gasteiger partial charge in [0.1, 0.15) is 0 Å². The molecular weight excluding hydrogens is 507 g/mol. The molecule has 0 aliphatic heterocycles. The van der Waals surface area contributed by atoms with Crippen molar-refractivity contribution < 1.29 is 23.5 Å². The lowest BCUT2D eigenvalue weighted by atomic mass is 10.1. The number of nitrogens with zero attached hydrogens (tertiary/aromatic N) is 1. The van der Waals surface area contributed by atoms with Crippen molar-refractivity contribution in [2.24, 2.45) is 17.6 Å². The summed E-state index contributed by atoms with van der Waals surface area (Å²) in [6.45, 7) is 5.38. The van der Waals surface area contributed by atoms with E-state index in [4.69, 9.17) is 15.2 Å². The van der Waals surface area contributed by atoms with Crippen molar-refractivity contribution >= 4 is 17.7 Å². The normalized spacial score (nSPS) is 15.5. The third-order valence-corrected chi connectivity index (χ3v) is 6.91. The van der Waals surface area contributed by atoms with E-state index in [-0.39, 0.29) is 23.6 Å². The smallest absolute Gasteiger partial charge is 0.410 e. The molecular formula is C33H35FN2O4. The predicted octanol–water partition coefficient (Wildman–Crippen LogP) is 6.23. The Kier molecular flexibility index (Phi) is 9.80. The number of unbranched alkanes of at least 4 members (excludes halogenated alkanes) is 1. The van der Waals surface area contributed by atoms with Gasteiger partial charge in [-0.15, -0.1) is 0 Å². The fraction of sp³-hybridized carbons (Fsp3) is 0.333. The van der Waals surface area contributed by atoms with Crippen molar-refractivity contribution in [3.8, 4) is 17.6 Å². The van der Waals surface area contributed by atoms with Crippen molar-refractivity contribution in [2.75, 3.05) is 18.1 Å². The van der Waals surface area contributed by atoms with Crippen LogP contribution in [0.5, 0.6) is 5.75 Å². The van der Waals surface area contributed by atoms with Gasteiger partial charge in [-0.05, 0) is 79.6 Å². The van der Waals surface area contributed by atoms with Crippen molar-refractivity contribution in [3.63, 3.8) is 0 Å². The average molecular weight is 543 g/mol. The molecule has 0 saturated heterocycles. The van der Waals surface area contributed by atoms with E-state index in [9.17, 15) is 14.0 Å².